The van der Waals surface area contributed by atoms with E-state index in [1.807, 2.05) is 0 Å². The van der Waals surface area contributed by atoms with Crippen LogP contribution in [0.2, 0.25) is 0 Å². The van der Waals surface area contributed by atoms with Crippen molar-refractivity contribution < 1.29 is 13.2 Å². The molecule has 2 aromatic carbocycles. The monoisotopic (exact) mass is 412 g/mol. The van der Waals surface area contributed by atoms with Crippen molar-refractivity contribution in [2.24, 2.45) is 0 Å². The van der Waals surface area contributed by atoms with E-state index in [-0.39, 0.29) is 10.0 Å². The van der Waals surface area contributed by atoms with Gasteiger partial charge in [0.15, 0.2) is 0 Å². The fraction of sp³-hybridized carbons (Fsp3) is 0.0769. The molecule has 0 heterocycles. The molecule has 1 atom stereocenters. The molecule has 0 aliphatic rings. The average Bonchev–Trinajstić information content (AvgIpc) is 2.36. The zero-order valence-electron chi connectivity index (χ0n) is 9.23. The maximum absolute atomic E-state index is 13.8. The van der Waals surface area contributed by atoms with Crippen molar-refractivity contribution in [3.63, 3.8) is 0 Å². The summed E-state index contributed by atoms with van der Waals surface area (Å²) in [7, 11) is 0. The summed E-state index contributed by atoms with van der Waals surface area (Å²) in [6.07, 6.45) is 0. The van der Waals surface area contributed by atoms with Crippen molar-refractivity contribution in [1.29, 1.82) is 0 Å². The number of alkyl halides is 1. The molecule has 19 heavy (non-hydrogen) atoms. The third kappa shape index (κ3) is 3.15. The standard InChI is InChI=1S/C13H6Br2ClF3/c14-9-2-1-6(17)3-7(9)13(16)8-4-12(19)10(15)5-11(8)18/h1-5,13H. The Morgan fingerprint density at radius 1 is 0.842 bits per heavy atom. The normalized spacial score (nSPS) is 12.5. The van der Waals surface area contributed by atoms with E-state index < -0.39 is 22.8 Å². The number of hydrogen-bond acceptors (Lipinski definition) is 0. The Morgan fingerprint density at radius 3 is 2.21 bits per heavy atom. The first kappa shape index (κ1) is 14.9. The second-order valence-corrected chi connectivity index (χ2v) is 5.96. The lowest BCUT2D eigenvalue weighted by Gasteiger charge is -2.14. The Kier molecular flexibility index (Phi) is 4.58. The van der Waals surface area contributed by atoms with E-state index in [9.17, 15) is 13.2 Å². The van der Waals surface area contributed by atoms with Gasteiger partial charge in [-0.25, -0.2) is 13.2 Å². The maximum atomic E-state index is 13.8. The Labute approximate surface area is 129 Å². The van der Waals surface area contributed by atoms with Crippen molar-refractivity contribution >= 4 is 43.5 Å². The second kappa shape index (κ2) is 5.85. The Balaban J connectivity index is 2.52. The van der Waals surface area contributed by atoms with E-state index >= 15 is 0 Å². The van der Waals surface area contributed by atoms with E-state index in [0.29, 0.717) is 10.0 Å². The van der Waals surface area contributed by atoms with Crippen LogP contribution in [0.4, 0.5) is 13.2 Å². The largest absolute Gasteiger partial charge is 0.207 e. The molecule has 6 heteroatoms. The van der Waals surface area contributed by atoms with Crippen molar-refractivity contribution in [3.05, 3.63) is 67.9 Å². The summed E-state index contributed by atoms with van der Waals surface area (Å²) in [5, 5.41) is -0.993. The van der Waals surface area contributed by atoms with Gasteiger partial charge in [-0.3, -0.25) is 0 Å². The van der Waals surface area contributed by atoms with Gasteiger partial charge in [0.25, 0.3) is 0 Å². The molecule has 2 rings (SSSR count). The quantitative estimate of drug-likeness (QED) is 0.420. The summed E-state index contributed by atoms with van der Waals surface area (Å²) in [6.45, 7) is 0. The topological polar surface area (TPSA) is 0 Å². The Bertz CT molecular complexity index is 632. The summed E-state index contributed by atoms with van der Waals surface area (Å²) in [5.74, 6) is -1.79. The van der Waals surface area contributed by atoms with Gasteiger partial charge in [-0.2, -0.15) is 0 Å². The first-order valence-electron chi connectivity index (χ1n) is 5.13. The molecule has 0 saturated heterocycles. The van der Waals surface area contributed by atoms with Crippen LogP contribution in [-0.2, 0) is 0 Å². The third-order valence-electron chi connectivity index (χ3n) is 2.54. The molecule has 100 valence electrons. The van der Waals surface area contributed by atoms with Crippen LogP contribution in [0.25, 0.3) is 0 Å². The van der Waals surface area contributed by atoms with Crippen LogP contribution >= 0.6 is 43.5 Å². The average molecular weight is 414 g/mol. The van der Waals surface area contributed by atoms with Gasteiger partial charge in [-0.05, 0) is 51.8 Å². The van der Waals surface area contributed by atoms with E-state index in [1.165, 1.54) is 18.2 Å². The predicted molar refractivity (Wildman–Crippen MR) is 75.9 cm³/mol. The number of benzene rings is 2. The molecule has 2 aromatic rings. The van der Waals surface area contributed by atoms with Crippen molar-refractivity contribution in [2.45, 2.75) is 5.38 Å². The highest BCUT2D eigenvalue weighted by Crippen LogP contribution is 2.36. The molecular formula is C13H6Br2ClF3. The maximum Gasteiger partial charge on any atom is 0.137 e. The van der Waals surface area contributed by atoms with Gasteiger partial charge >= 0.3 is 0 Å². The zero-order valence-corrected chi connectivity index (χ0v) is 13.2. The lowest BCUT2D eigenvalue weighted by Crippen LogP contribution is -2.00. The van der Waals surface area contributed by atoms with E-state index in [2.05, 4.69) is 31.9 Å². The van der Waals surface area contributed by atoms with Crippen LogP contribution < -0.4 is 0 Å². The zero-order chi connectivity index (χ0) is 14.2. The minimum Gasteiger partial charge on any atom is -0.207 e. The number of hydrogen-bond donors (Lipinski definition) is 0. The Hall–Kier alpha value is -0.520. The summed E-state index contributed by atoms with van der Waals surface area (Å²) in [4.78, 5) is 0. The van der Waals surface area contributed by atoms with Gasteiger partial charge in [-0.15, -0.1) is 11.6 Å². The Morgan fingerprint density at radius 2 is 1.53 bits per heavy atom. The van der Waals surface area contributed by atoms with Gasteiger partial charge < -0.3 is 0 Å². The van der Waals surface area contributed by atoms with Gasteiger partial charge in [0, 0.05) is 10.0 Å². The first-order valence-corrected chi connectivity index (χ1v) is 7.16. The highest BCUT2D eigenvalue weighted by atomic mass is 79.9. The van der Waals surface area contributed by atoms with Gasteiger partial charge in [0.05, 0.1) is 9.85 Å². The smallest absolute Gasteiger partial charge is 0.137 e. The SMILES string of the molecule is Fc1ccc(Br)c(C(Cl)c2cc(F)c(Br)cc2F)c1. The molecule has 0 amide bonds. The number of rotatable bonds is 2. The summed E-state index contributed by atoms with van der Waals surface area (Å²) in [6, 6.07) is 5.88. The van der Waals surface area contributed by atoms with E-state index in [0.717, 1.165) is 12.1 Å². The fourth-order valence-corrected chi connectivity index (χ4v) is 2.88. The van der Waals surface area contributed by atoms with Gasteiger partial charge in [-0.1, -0.05) is 15.9 Å². The molecule has 0 nitrogen and oxygen atoms in total. The van der Waals surface area contributed by atoms with Crippen molar-refractivity contribution in [2.75, 3.05) is 0 Å². The molecule has 0 bridgehead atoms. The summed E-state index contributed by atoms with van der Waals surface area (Å²) < 4.78 is 41.0. The van der Waals surface area contributed by atoms with Crippen LogP contribution in [0.5, 0.6) is 0 Å². The highest BCUT2D eigenvalue weighted by Gasteiger charge is 2.20. The third-order valence-corrected chi connectivity index (χ3v) is 4.34. The predicted octanol–water partition coefficient (Wildman–Crippen LogP) is 5.96. The minimum atomic E-state index is -0.993. The molecule has 0 aliphatic heterocycles. The molecule has 0 N–H and O–H groups in total. The molecular weight excluding hydrogens is 408 g/mol. The molecule has 1 unspecified atom stereocenters. The first-order chi connectivity index (χ1) is 8.90. The highest BCUT2D eigenvalue weighted by molar-refractivity contribution is 9.10. The number of halogens is 6. The molecule has 0 radical (unpaired) electrons. The van der Waals surface area contributed by atoms with E-state index in [4.69, 9.17) is 11.6 Å². The molecule has 0 saturated carbocycles. The summed E-state index contributed by atoms with van der Waals surface area (Å²) in [5.41, 5.74) is 0.288. The van der Waals surface area contributed by atoms with Crippen LogP contribution in [-0.4, -0.2) is 0 Å². The molecule has 0 aromatic heterocycles. The second-order valence-electron chi connectivity index (χ2n) is 3.82. The van der Waals surface area contributed by atoms with Gasteiger partial charge in [0.1, 0.15) is 17.5 Å². The lowest BCUT2D eigenvalue weighted by atomic mass is 10.0. The summed E-state index contributed by atoms with van der Waals surface area (Å²) >= 11 is 12.2. The van der Waals surface area contributed by atoms with Crippen LogP contribution in [0.3, 0.4) is 0 Å². The minimum absolute atomic E-state index is 0.0101. The van der Waals surface area contributed by atoms with Crippen LogP contribution in [0, 0.1) is 17.5 Å². The van der Waals surface area contributed by atoms with Gasteiger partial charge in [0.2, 0.25) is 0 Å². The molecule has 0 aliphatic carbocycles. The lowest BCUT2D eigenvalue weighted by molar-refractivity contribution is 0.581. The fourth-order valence-electron chi connectivity index (χ4n) is 1.61. The van der Waals surface area contributed by atoms with E-state index in [1.54, 1.807) is 0 Å². The molecule has 0 spiro atoms. The molecule has 0 fully saturated rings. The van der Waals surface area contributed by atoms with Crippen molar-refractivity contribution in [3.8, 4) is 0 Å². The van der Waals surface area contributed by atoms with Crippen LogP contribution in [0.15, 0.2) is 39.3 Å². The van der Waals surface area contributed by atoms with Crippen LogP contribution in [0.1, 0.15) is 16.5 Å². The van der Waals surface area contributed by atoms with Crippen molar-refractivity contribution in [1.82, 2.24) is 0 Å².